The Hall–Kier alpha value is -0.890. The van der Waals surface area contributed by atoms with Gasteiger partial charge in [-0.1, -0.05) is 6.92 Å². The Bertz CT molecular complexity index is 602. The maximum atomic E-state index is 13.0. The highest BCUT2D eigenvalue weighted by Crippen LogP contribution is 2.32. The van der Waals surface area contributed by atoms with Crippen LogP contribution in [0.5, 0.6) is 0 Å². The van der Waals surface area contributed by atoms with Crippen LogP contribution >= 0.6 is 0 Å². The van der Waals surface area contributed by atoms with Crippen LogP contribution in [-0.4, -0.2) is 47.8 Å². The van der Waals surface area contributed by atoms with Crippen molar-refractivity contribution in [1.82, 2.24) is 8.61 Å². The van der Waals surface area contributed by atoms with Crippen molar-refractivity contribution in [1.29, 1.82) is 0 Å². The van der Waals surface area contributed by atoms with E-state index in [4.69, 9.17) is 4.42 Å². The first kappa shape index (κ1) is 17.0. The largest absolute Gasteiger partial charge is 0.467 e. The van der Waals surface area contributed by atoms with Gasteiger partial charge in [-0.2, -0.15) is 17.0 Å². The second-order valence-corrected chi connectivity index (χ2v) is 8.67. The fourth-order valence-electron chi connectivity index (χ4n) is 3.71. The van der Waals surface area contributed by atoms with Gasteiger partial charge in [0.1, 0.15) is 11.9 Å². The maximum absolute atomic E-state index is 13.0. The molecule has 2 saturated heterocycles. The Morgan fingerprint density at radius 2 is 2.13 bits per heavy atom. The van der Waals surface area contributed by atoms with E-state index in [9.17, 15) is 13.5 Å². The Labute approximate surface area is 138 Å². The quantitative estimate of drug-likeness (QED) is 0.890. The Kier molecular flexibility index (Phi) is 5.10. The molecule has 1 aromatic rings. The number of hydrogen-bond donors (Lipinski definition) is 1. The normalized spacial score (nSPS) is 29.0. The van der Waals surface area contributed by atoms with E-state index in [1.165, 1.54) is 6.26 Å². The molecule has 1 aromatic heterocycles. The molecule has 0 aromatic carbocycles. The lowest BCUT2D eigenvalue weighted by Crippen LogP contribution is -2.49. The van der Waals surface area contributed by atoms with Crippen molar-refractivity contribution < 1.29 is 17.9 Å². The molecule has 6 nitrogen and oxygen atoms in total. The molecular formula is C16H26N2O4S. The van der Waals surface area contributed by atoms with Crippen LogP contribution in [-0.2, 0) is 10.2 Å². The standard InChI is InChI=1S/C16H26N2O4S/c1-13-5-2-8-17(12-13)23(20,21)18-9-3-6-14(18)11-15(19)16-7-4-10-22-16/h4,7,10,13-15,19H,2-3,5-6,8-9,11-12H2,1H3/t13-,14-,15+/m1/s1. The molecule has 0 amide bonds. The monoisotopic (exact) mass is 342 g/mol. The van der Waals surface area contributed by atoms with Gasteiger partial charge in [-0.15, -0.1) is 0 Å². The number of nitrogens with zero attached hydrogens (tertiary/aromatic N) is 2. The highest BCUT2D eigenvalue weighted by atomic mass is 32.2. The van der Waals surface area contributed by atoms with E-state index in [1.54, 1.807) is 20.7 Å². The molecule has 3 atom stereocenters. The van der Waals surface area contributed by atoms with Crippen molar-refractivity contribution in [3.63, 3.8) is 0 Å². The van der Waals surface area contributed by atoms with E-state index in [0.29, 0.717) is 37.7 Å². The van der Waals surface area contributed by atoms with Crippen LogP contribution in [0.15, 0.2) is 22.8 Å². The molecule has 0 radical (unpaired) electrons. The average Bonchev–Trinajstić information content (AvgIpc) is 3.18. The van der Waals surface area contributed by atoms with Gasteiger partial charge in [0.15, 0.2) is 0 Å². The van der Waals surface area contributed by atoms with E-state index >= 15 is 0 Å². The molecule has 0 saturated carbocycles. The minimum Gasteiger partial charge on any atom is -0.467 e. The zero-order valence-corrected chi connectivity index (χ0v) is 14.4. The second kappa shape index (κ2) is 6.93. The van der Waals surface area contributed by atoms with Gasteiger partial charge in [-0.3, -0.25) is 0 Å². The minimum absolute atomic E-state index is 0.155. The van der Waals surface area contributed by atoms with Gasteiger partial charge in [0, 0.05) is 25.7 Å². The van der Waals surface area contributed by atoms with E-state index in [0.717, 1.165) is 25.7 Å². The number of aliphatic hydroxyl groups is 1. The van der Waals surface area contributed by atoms with Crippen LogP contribution in [0.2, 0.25) is 0 Å². The number of piperidine rings is 1. The lowest BCUT2D eigenvalue weighted by molar-refractivity contribution is 0.117. The molecule has 0 spiro atoms. The molecule has 2 fully saturated rings. The predicted molar refractivity (Wildman–Crippen MR) is 86.9 cm³/mol. The van der Waals surface area contributed by atoms with Gasteiger partial charge in [0.25, 0.3) is 10.2 Å². The molecule has 3 rings (SSSR count). The summed E-state index contributed by atoms with van der Waals surface area (Å²) >= 11 is 0. The summed E-state index contributed by atoms with van der Waals surface area (Å²) in [4.78, 5) is 0. The van der Waals surface area contributed by atoms with Crippen molar-refractivity contribution >= 4 is 10.2 Å². The maximum Gasteiger partial charge on any atom is 0.282 e. The molecular weight excluding hydrogens is 316 g/mol. The Morgan fingerprint density at radius 1 is 1.35 bits per heavy atom. The van der Waals surface area contributed by atoms with E-state index in [2.05, 4.69) is 6.92 Å². The van der Waals surface area contributed by atoms with Crippen molar-refractivity contribution in [2.24, 2.45) is 5.92 Å². The fraction of sp³-hybridized carbons (Fsp3) is 0.750. The Morgan fingerprint density at radius 3 is 2.83 bits per heavy atom. The van der Waals surface area contributed by atoms with E-state index < -0.39 is 16.3 Å². The topological polar surface area (TPSA) is 74.0 Å². The molecule has 0 bridgehead atoms. The third-order valence-electron chi connectivity index (χ3n) is 4.93. The van der Waals surface area contributed by atoms with Crippen molar-refractivity contribution in [3.8, 4) is 0 Å². The third-order valence-corrected chi connectivity index (χ3v) is 6.99. The van der Waals surface area contributed by atoms with Crippen LogP contribution in [0, 0.1) is 5.92 Å². The van der Waals surface area contributed by atoms with Crippen molar-refractivity contribution in [2.45, 2.75) is 51.2 Å². The highest BCUT2D eigenvalue weighted by molar-refractivity contribution is 7.86. The fourth-order valence-corrected chi connectivity index (χ4v) is 5.73. The third kappa shape index (κ3) is 3.63. The van der Waals surface area contributed by atoms with Gasteiger partial charge in [0.05, 0.1) is 6.26 Å². The minimum atomic E-state index is -3.43. The number of hydrogen-bond acceptors (Lipinski definition) is 4. The van der Waals surface area contributed by atoms with Crippen molar-refractivity contribution in [2.75, 3.05) is 19.6 Å². The average molecular weight is 342 g/mol. The Balaban J connectivity index is 1.70. The van der Waals surface area contributed by atoms with Gasteiger partial charge >= 0.3 is 0 Å². The summed E-state index contributed by atoms with van der Waals surface area (Å²) in [6, 6.07) is 3.30. The lowest BCUT2D eigenvalue weighted by atomic mass is 10.0. The molecule has 7 heteroatoms. The van der Waals surface area contributed by atoms with Gasteiger partial charge in [-0.05, 0) is 50.2 Å². The van der Waals surface area contributed by atoms with Crippen LogP contribution in [0.1, 0.15) is 50.9 Å². The molecule has 23 heavy (non-hydrogen) atoms. The summed E-state index contributed by atoms with van der Waals surface area (Å²) in [6.07, 6.45) is 4.80. The SMILES string of the molecule is C[C@@H]1CCCN(S(=O)(=O)N2CCC[C@@H]2C[C@H](O)c2ccco2)C1. The van der Waals surface area contributed by atoms with Gasteiger partial charge in [-0.25, -0.2) is 0 Å². The number of aliphatic hydroxyl groups excluding tert-OH is 1. The smallest absolute Gasteiger partial charge is 0.282 e. The van der Waals surface area contributed by atoms with Gasteiger partial charge < -0.3 is 9.52 Å². The summed E-state index contributed by atoms with van der Waals surface area (Å²) in [7, 11) is -3.43. The number of rotatable bonds is 5. The zero-order chi connectivity index (χ0) is 16.4. The van der Waals surface area contributed by atoms with E-state index in [1.807, 2.05) is 0 Å². The molecule has 3 heterocycles. The summed E-state index contributed by atoms with van der Waals surface area (Å²) in [6.45, 7) is 3.86. The molecule has 0 aliphatic carbocycles. The first-order chi connectivity index (χ1) is 11.0. The van der Waals surface area contributed by atoms with Crippen LogP contribution in [0.4, 0.5) is 0 Å². The summed E-state index contributed by atoms with van der Waals surface area (Å²) in [5.41, 5.74) is 0. The predicted octanol–water partition coefficient (Wildman–Crippen LogP) is 2.14. The van der Waals surface area contributed by atoms with Crippen molar-refractivity contribution in [3.05, 3.63) is 24.2 Å². The first-order valence-electron chi connectivity index (χ1n) is 8.47. The molecule has 0 unspecified atom stereocenters. The lowest BCUT2D eigenvalue weighted by Gasteiger charge is -2.35. The summed E-state index contributed by atoms with van der Waals surface area (Å²) < 4.78 is 34.4. The van der Waals surface area contributed by atoms with Crippen LogP contribution in [0.3, 0.4) is 0 Å². The van der Waals surface area contributed by atoms with E-state index in [-0.39, 0.29) is 6.04 Å². The first-order valence-corrected chi connectivity index (χ1v) is 9.86. The summed E-state index contributed by atoms with van der Waals surface area (Å²) in [5.74, 6) is 0.911. The molecule has 2 aliphatic heterocycles. The number of furan rings is 1. The molecule has 130 valence electrons. The molecule has 2 aliphatic rings. The summed E-state index contributed by atoms with van der Waals surface area (Å²) in [5, 5.41) is 10.3. The zero-order valence-electron chi connectivity index (χ0n) is 13.6. The van der Waals surface area contributed by atoms with Crippen LogP contribution in [0.25, 0.3) is 0 Å². The molecule has 1 N–H and O–H groups in total. The van der Waals surface area contributed by atoms with Gasteiger partial charge in [0.2, 0.25) is 0 Å². The van der Waals surface area contributed by atoms with Crippen LogP contribution < -0.4 is 0 Å². The highest BCUT2D eigenvalue weighted by Gasteiger charge is 2.40. The second-order valence-electron chi connectivity index (χ2n) is 6.79.